The highest BCUT2D eigenvalue weighted by Gasteiger charge is 2.73. The van der Waals surface area contributed by atoms with Crippen molar-refractivity contribution in [2.45, 2.75) is 20.3 Å². The summed E-state index contributed by atoms with van der Waals surface area (Å²) >= 11 is 0. The molecule has 1 N–H and O–H groups in total. The molecule has 0 radical (unpaired) electrons. The first-order valence-corrected chi connectivity index (χ1v) is 3.84. The van der Waals surface area contributed by atoms with Crippen molar-refractivity contribution in [2.24, 2.45) is 23.2 Å². The van der Waals surface area contributed by atoms with Gasteiger partial charge in [-0.25, -0.2) is 0 Å². The Morgan fingerprint density at radius 3 is 2.11 bits per heavy atom. The van der Waals surface area contributed by atoms with E-state index in [1.54, 1.807) is 0 Å². The van der Waals surface area contributed by atoms with Gasteiger partial charge in [-0.05, 0) is 29.6 Å². The van der Waals surface area contributed by atoms with Gasteiger partial charge in [0.25, 0.3) is 0 Å². The number of aliphatic hydroxyl groups is 1. The third kappa shape index (κ3) is 0.454. The molecule has 0 aromatic carbocycles. The van der Waals surface area contributed by atoms with Crippen molar-refractivity contribution in [2.75, 3.05) is 6.61 Å². The standard InChI is InChI=1S/C8H14O/c1-5-6(2)8(5)3-7(8)4-9/h5-7,9H,3-4H2,1-2H3. The van der Waals surface area contributed by atoms with Crippen LogP contribution in [0.15, 0.2) is 0 Å². The van der Waals surface area contributed by atoms with Crippen molar-refractivity contribution in [3.8, 4) is 0 Å². The van der Waals surface area contributed by atoms with Crippen LogP contribution in [0.1, 0.15) is 20.3 Å². The first kappa shape index (κ1) is 5.72. The summed E-state index contributed by atoms with van der Waals surface area (Å²) in [6.07, 6.45) is 1.30. The van der Waals surface area contributed by atoms with E-state index < -0.39 is 0 Å². The van der Waals surface area contributed by atoms with Crippen LogP contribution < -0.4 is 0 Å². The highest BCUT2D eigenvalue weighted by Crippen LogP contribution is 2.77. The van der Waals surface area contributed by atoms with E-state index in [4.69, 9.17) is 5.11 Å². The van der Waals surface area contributed by atoms with Gasteiger partial charge in [0.2, 0.25) is 0 Å². The molecule has 1 nitrogen and oxygen atoms in total. The molecule has 1 heteroatoms. The SMILES string of the molecule is CC1C(C)C12CC2CO. The van der Waals surface area contributed by atoms with Crippen LogP contribution in [-0.4, -0.2) is 11.7 Å². The molecule has 3 atom stereocenters. The largest absolute Gasteiger partial charge is 0.396 e. The number of rotatable bonds is 1. The van der Waals surface area contributed by atoms with Gasteiger partial charge in [-0.1, -0.05) is 13.8 Å². The Morgan fingerprint density at radius 2 is 2.00 bits per heavy atom. The van der Waals surface area contributed by atoms with E-state index in [1.165, 1.54) is 6.42 Å². The summed E-state index contributed by atoms with van der Waals surface area (Å²) in [6.45, 7) is 5.04. The summed E-state index contributed by atoms with van der Waals surface area (Å²) < 4.78 is 0. The van der Waals surface area contributed by atoms with Gasteiger partial charge in [0.15, 0.2) is 0 Å². The normalized spacial score (nSPS) is 62.3. The Balaban J connectivity index is 2.03. The fraction of sp³-hybridized carbons (Fsp3) is 1.00. The van der Waals surface area contributed by atoms with E-state index in [-0.39, 0.29) is 0 Å². The minimum absolute atomic E-state index is 0.425. The van der Waals surface area contributed by atoms with Gasteiger partial charge in [0.05, 0.1) is 0 Å². The number of aliphatic hydroxyl groups excluding tert-OH is 1. The minimum atomic E-state index is 0.425. The van der Waals surface area contributed by atoms with Crippen molar-refractivity contribution in [1.29, 1.82) is 0 Å². The van der Waals surface area contributed by atoms with Crippen LogP contribution >= 0.6 is 0 Å². The summed E-state index contributed by atoms with van der Waals surface area (Å²) in [5, 5.41) is 8.82. The minimum Gasteiger partial charge on any atom is -0.396 e. The molecule has 9 heavy (non-hydrogen) atoms. The Bertz CT molecular complexity index is 134. The molecule has 0 bridgehead atoms. The molecule has 2 rings (SSSR count). The van der Waals surface area contributed by atoms with Crippen LogP contribution in [0.4, 0.5) is 0 Å². The molecule has 2 fully saturated rings. The summed E-state index contributed by atoms with van der Waals surface area (Å²) in [4.78, 5) is 0. The van der Waals surface area contributed by atoms with Gasteiger partial charge in [-0.15, -0.1) is 0 Å². The zero-order chi connectivity index (χ0) is 6.65. The van der Waals surface area contributed by atoms with Crippen molar-refractivity contribution < 1.29 is 5.11 Å². The predicted octanol–water partition coefficient (Wildman–Crippen LogP) is 1.27. The van der Waals surface area contributed by atoms with Gasteiger partial charge in [0.1, 0.15) is 0 Å². The fourth-order valence-electron chi connectivity index (χ4n) is 2.61. The maximum atomic E-state index is 8.82. The van der Waals surface area contributed by atoms with E-state index in [0.717, 1.165) is 11.8 Å². The maximum absolute atomic E-state index is 8.82. The molecule has 0 heterocycles. The van der Waals surface area contributed by atoms with Crippen molar-refractivity contribution in [1.82, 2.24) is 0 Å². The van der Waals surface area contributed by atoms with E-state index in [2.05, 4.69) is 13.8 Å². The second-order valence-corrected chi connectivity index (χ2v) is 3.77. The highest BCUT2D eigenvalue weighted by molar-refractivity contribution is 5.20. The molecule has 2 saturated carbocycles. The third-order valence-electron chi connectivity index (χ3n) is 3.76. The summed E-state index contributed by atoms with van der Waals surface area (Å²) in [5.74, 6) is 2.46. The average Bonchev–Trinajstić information content (AvgIpc) is 2.68. The first-order valence-electron chi connectivity index (χ1n) is 3.84. The molecule has 2 aliphatic carbocycles. The molecule has 2 aliphatic rings. The first-order chi connectivity index (χ1) is 4.23. The molecule has 0 amide bonds. The molecule has 0 saturated heterocycles. The molecule has 52 valence electrons. The van der Waals surface area contributed by atoms with Crippen molar-refractivity contribution in [3.05, 3.63) is 0 Å². The lowest BCUT2D eigenvalue weighted by Crippen LogP contribution is -1.89. The van der Waals surface area contributed by atoms with Crippen LogP contribution in [0.3, 0.4) is 0 Å². The van der Waals surface area contributed by atoms with Crippen LogP contribution in [0.25, 0.3) is 0 Å². The molecule has 0 aromatic rings. The Kier molecular flexibility index (Phi) is 0.852. The lowest BCUT2D eigenvalue weighted by Gasteiger charge is -1.86. The smallest absolute Gasteiger partial charge is 0.0464 e. The van der Waals surface area contributed by atoms with Crippen molar-refractivity contribution in [3.63, 3.8) is 0 Å². The van der Waals surface area contributed by atoms with Gasteiger partial charge >= 0.3 is 0 Å². The molecule has 0 aromatic heterocycles. The van der Waals surface area contributed by atoms with Crippen molar-refractivity contribution >= 4 is 0 Å². The van der Waals surface area contributed by atoms with Gasteiger partial charge < -0.3 is 5.11 Å². The maximum Gasteiger partial charge on any atom is 0.0464 e. The average molecular weight is 126 g/mol. The molecular formula is C8H14O. The van der Waals surface area contributed by atoms with Crippen LogP contribution in [0, 0.1) is 23.2 Å². The second-order valence-electron chi connectivity index (χ2n) is 3.77. The zero-order valence-corrected chi connectivity index (χ0v) is 6.09. The van der Waals surface area contributed by atoms with Gasteiger partial charge in [0, 0.05) is 6.61 Å². The van der Waals surface area contributed by atoms with E-state index in [9.17, 15) is 0 Å². The highest BCUT2D eigenvalue weighted by atomic mass is 16.3. The van der Waals surface area contributed by atoms with Crippen LogP contribution in [-0.2, 0) is 0 Å². The molecule has 3 unspecified atom stereocenters. The van der Waals surface area contributed by atoms with Gasteiger partial charge in [-0.2, -0.15) is 0 Å². The monoisotopic (exact) mass is 126 g/mol. The van der Waals surface area contributed by atoms with Gasteiger partial charge in [-0.3, -0.25) is 0 Å². The summed E-state index contributed by atoms with van der Waals surface area (Å²) in [5.41, 5.74) is 0.634. The second kappa shape index (κ2) is 1.34. The predicted molar refractivity (Wildman–Crippen MR) is 36.0 cm³/mol. The fourth-order valence-corrected chi connectivity index (χ4v) is 2.61. The molecule has 1 spiro atoms. The number of hydrogen-bond donors (Lipinski definition) is 1. The molecule has 0 aliphatic heterocycles. The Morgan fingerprint density at radius 1 is 1.44 bits per heavy atom. The molecular weight excluding hydrogens is 112 g/mol. The lowest BCUT2D eigenvalue weighted by atomic mass is 10.2. The lowest BCUT2D eigenvalue weighted by molar-refractivity contribution is 0.263. The van der Waals surface area contributed by atoms with Crippen LogP contribution in [0.2, 0.25) is 0 Å². The quantitative estimate of drug-likeness (QED) is 0.561. The van der Waals surface area contributed by atoms with Crippen LogP contribution in [0.5, 0.6) is 0 Å². The topological polar surface area (TPSA) is 20.2 Å². The summed E-state index contributed by atoms with van der Waals surface area (Å²) in [7, 11) is 0. The van der Waals surface area contributed by atoms with E-state index in [1.807, 2.05) is 0 Å². The summed E-state index contributed by atoms with van der Waals surface area (Å²) in [6, 6.07) is 0. The van der Waals surface area contributed by atoms with E-state index >= 15 is 0 Å². The number of hydrogen-bond acceptors (Lipinski definition) is 1. The van der Waals surface area contributed by atoms with E-state index in [0.29, 0.717) is 17.9 Å². The Hall–Kier alpha value is -0.0400. The third-order valence-corrected chi connectivity index (χ3v) is 3.76. The Labute approximate surface area is 56.1 Å². The zero-order valence-electron chi connectivity index (χ0n) is 6.09.